The Labute approximate surface area is 255 Å². The van der Waals surface area contributed by atoms with Crippen molar-refractivity contribution in [3.63, 3.8) is 0 Å². The van der Waals surface area contributed by atoms with E-state index in [9.17, 15) is 22.8 Å². The van der Waals surface area contributed by atoms with Gasteiger partial charge < -0.3 is 10.2 Å². The van der Waals surface area contributed by atoms with Gasteiger partial charge in [0.2, 0.25) is 0 Å². The van der Waals surface area contributed by atoms with Crippen molar-refractivity contribution in [2.75, 3.05) is 38.5 Å². The Balaban J connectivity index is 0.000000446. The van der Waals surface area contributed by atoms with Gasteiger partial charge in [-0.05, 0) is 66.1 Å². The molecule has 1 saturated heterocycles. The lowest BCUT2D eigenvalue weighted by atomic mass is 9.96. The minimum atomic E-state index is -1.26. The van der Waals surface area contributed by atoms with Crippen LogP contribution < -0.4 is 0 Å². The van der Waals surface area contributed by atoms with Crippen LogP contribution in [0.25, 0.3) is 0 Å². The van der Waals surface area contributed by atoms with Crippen molar-refractivity contribution in [2.45, 2.75) is 27.1 Å². The number of nitrogens with zero attached hydrogens (tertiary/aromatic N) is 2. The third kappa shape index (κ3) is 9.02. The minimum Gasteiger partial charge on any atom is -0.478 e. The van der Waals surface area contributed by atoms with Crippen LogP contribution in [0.5, 0.6) is 0 Å². The molecule has 2 aliphatic heterocycles. The summed E-state index contributed by atoms with van der Waals surface area (Å²) in [6.07, 6.45) is 1.85. The molecule has 3 aromatic carbocycles. The lowest BCUT2D eigenvalue weighted by molar-refractivity contribution is -0.134. The van der Waals surface area contributed by atoms with Gasteiger partial charge in [-0.25, -0.2) is 22.8 Å². The predicted octanol–water partition coefficient (Wildman–Crippen LogP) is 6.63. The smallest absolute Gasteiger partial charge is 0.328 e. The first-order valence-corrected chi connectivity index (χ1v) is 15.2. The largest absolute Gasteiger partial charge is 0.478 e. The quantitative estimate of drug-likeness (QED) is 0.221. The lowest BCUT2D eigenvalue weighted by Gasteiger charge is -2.39. The van der Waals surface area contributed by atoms with Gasteiger partial charge in [-0.2, -0.15) is 0 Å². The van der Waals surface area contributed by atoms with Crippen molar-refractivity contribution in [2.24, 2.45) is 0 Å². The monoisotopic (exact) mass is 636 g/mol. The SMILES string of the molecule is Fc1ccc(SCCN2CCN(C3Cc4ccc(F)cc4Sc4cc(F)c(Cl)cc43)CC2)cc1.O=C(O)C=CC(=O)O. The number of fused-ring (bicyclic) bond motifs is 2. The van der Waals surface area contributed by atoms with E-state index in [4.69, 9.17) is 21.8 Å². The Kier molecular flexibility index (Phi) is 11.4. The third-order valence-electron chi connectivity index (χ3n) is 6.78. The Bertz CT molecular complexity index is 1440. The fraction of sp³-hybridized carbons (Fsp3) is 0.267. The zero-order chi connectivity index (χ0) is 30.2. The Morgan fingerprint density at radius 3 is 2.19 bits per heavy atom. The summed E-state index contributed by atoms with van der Waals surface area (Å²) in [4.78, 5) is 26.7. The molecule has 0 radical (unpaired) electrons. The number of piperazine rings is 1. The van der Waals surface area contributed by atoms with E-state index in [1.807, 2.05) is 18.2 Å². The van der Waals surface area contributed by atoms with Crippen molar-refractivity contribution < 1.29 is 33.0 Å². The highest BCUT2D eigenvalue weighted by molar-refractivity contribution is 7.99. The van der Waals surface area contributed by atoms with Gasteiger partial charge in [-0.3, -0.25) is 9.80 Å². The molecule has 6 nitrogen and oxygen atoms in total. The summed E-state index contributed by atoms with van der Waals surface area (Å²) in [5.41, 5.74) is 2.08. The highest BCUT2D eigenvalue weighted by Gasteiger charge is 2.31. The minimum absolute atomic E-state index is 0.0584. The van der Waals surface area contributed by atoms with Crippen molar-refractivity contribution in [3.05, 3.63) is 100 Å². The second-order valence-electron chi connectivity index (χ2n) is 9.57. The molecule has 0 aromatic heterocycles. The third-order valence-corrected chi connectivity index (χ3v) is 9.24. The Hall–Kier alpha value is -2.96. The average Bonchev–Trinajstić information content (AvgIpc) is 3.10. The highest BCUT2D eigenvalue weighted by atomic mass is 35.5. The van der Waals surface area contributed by atoms with Crippen LogP contribution in [0.2, 0.25) is 5.02 Å². The molecule has 1 atom stereocenters. The van der Waals surface area contributed by atoms with Gasteiger partial charge in [0.25, 0.3) is 0 Å². The molecule has 12 heteroatoms. The average molecular weight is 637 g/mol. The topological polar surface area (TPSA) is 81.1 Å². The van der Waals surface area contributed by atoms with E-state index in [0.29, 0.717) is 12.2 Å². The summed E-state index contributed by atoms with van der Waals surface area (Å²) >= 11 is 9.34. The molecule has 2 aliphatic rings. The Morgan fingerprint density at radius 1 is 0.905 bits per heavy atom. The first kappa shape index (κ1) is 32.0. The van der Waals surface area contributed by atoms with Gasteiger partial charge in [-0.1, -0.05) is 29.4 Å². The Morgan fingerprint density at radius 2 is 1.55 bits per heavy atom. The summed E-state index contributed by atoms with van der Waals surface area (Å²) in [7, 11) is 0. The van der Waals surface area contributed by atoms with Crippen LogP contribution in [0, 0.1) is 17.5 Å². The van der Waals surface area contributed by atoms with Crippen molar-refractivity contribution in [1.82, 2.24) is 9.80 Å². The molecule has 0 saturated carbocycles. The van der Waals surface area contributed by atoms with Gasteiger partial charge >= 0.3 is 11.9 Å². The number of thioether (sulfide) groups is 1. The number of benzene rings is 3. The number of carboxylic acid groups (broad SMARTS) is 2. The lowest BCUT2D eigenvalue weighted by Crippen LogP contribution is -2.48. The van der Waals surface area contributed by atoms with Gasteiger partial charge in [-0.15, -0.1) is 11.8 Å². The molecule has 0 bridgehead atoms. The number of carboxylic acids is 2. The zero-order valence-electron chi connectivity index (χ0n) is 22.3. The first-order chi connectivity index (χ1) is 20.1. The molecular weight excluding hydrogens is 609 g/mol. The van der Waals surface area contributed by atoms with Crippen LogP contribution in [-0.2, 0) is 16.0 Å². The molecule has 1 unspecified atom stereocenters. The number of hydrogen-bond acceptors (Lipinski definition) is 6. The van der Waals surface area contributed by atoms with E-state index >= 15 is 0 Å². The molecule has 5 rings (SSSR count). The number of carbonyl (C=O) groups is 2. The van der Waals surface area contributed by atoms with Gasteiger partial charge in [0.05, 0.1) is 5.02 Å². The first-order valence-electron chi connectivity index (χ1n) is 13.0. The molecule has 0 spiro atoms. The number of hydrogen-bond donors (Lipinski definition) is 2. The summed E-state index contributed by atoms with van der Waals surface area (Å²) < 4.78 is 41.3. The molecule has 42 heavy (non-hydrogen) atoms. The van der Waals surface area contributed by atoms with Crippen molar-refractivity contribution >= 4 is 47.1 Å². The maximum atomic E-state index is 14.3. The number of aliphatic carboxylic acids is 2. The second-order valence-corrected chi connectivity index (χ2v) is 12.2. The highest BCUT2D eigenvalue weighted by Crippen LogP contribution is 2.44. The predicted molar refractivity (Wildman–Crippen MR) is 158 cm³/mol. The van der Waals surface area contributed by atoms with E-state index in [1.54, 1.807) is 17.8 Å². The fourth-order valence-electron chi connectivity index (χ4n) is 4.71. The van der Waals surface area contributed by atoms with Crippen LogP contribution in [0.4, 0.5) is 13.2 Å². The van der Waals surface area contributed by atoms with Crippen LogP contribution >= 0.6 is 35.1 Å². The van der Waals surface area contributed by atoms with Crippen LogP contribution in [0.1, 0.15) is 17.2 Å². The van der Waals surface area contributed by atoms with E-state index in [2.05, 4.69) is 9.80 Å². The van der Waals surface area contributed by atoms with Crippen LogP contribution in [0.3, 0.4) is 0 Å². The molecular formula is C30H28ClF3N2O4S2. The van der Waals surface area contributed by atoms with Gasteiger partial charge in [0.1, 0.15) is 17.5 Å². The normalized spacial score (nSPS) is 17.1. The van der Waals surface area contributed by atoms with Gasteiger partial charge in [0, 0.05) is 71.4 Å². The second kappa shape index (κ2) is 15.0. The van der Waals surface area contributed by atoms with Crippen molar-refractivity contribution in [1.29, 1.82) is 0 Å². The molecule has 222 valence electrons. The summed E-state index contributed by atoms with van der Waals surface area (Å²) in [5.74, 6) is -2.51. The molecule has 0 amide bonds. The molecule has 1 fully saturated rings. The number of halogens is 4. The van der Waals surface area contributed by atoms with E-state index < -0.39 is 17.8 Å². The number of rotatable bonds is 7. The van der Waals surface area contributed by atoms with Gasteiger partial charge in [0.15, 0.2) is 0 Å². The summed E-state index contributed by atoms with van der Waals surface area (Å²) in [5, 5.41) is 15.7. The summed E-state index contributed by atoms with van der Waals surface area (Å²) in [6.45, 7) is 4.62. The standard InChI is InChI=1S/C26H24ClF3N2S2.C4H4O4/c27-22-15-21-24(13-17-1-2-19(29)14-25(17)34-26(21)16-23(22)30)32-9-7-31(8-10-32)11-12-33-20-5-3-18(28)4-6-20;5-3(6)1-2-4(7)8/h1-6,14-16,24H,7-13H2;1-2H,(H,5,6)(H,7,8). The van der Waals surface area contributed by atoms with Crippen LogP contribution in [0.15, 0.2) is 81.4 Å². The fourth-order valence-corrected chi connectivity index (χ4v) is 6.96. The molecule has 0 aliphatic carbocycles. The maximum absolute atomic E-state index is 14.3. The zero-order valence-corrected chi connectivity index (χ0v) is 24.7. The molecule has 2 heterocycles. The van der Waals surface area contributed by atoms with E-state index in [-0.39, 0.29) is 22.7 Å². The molecule has 2 N–H and O–H groups in total. The van der Waals surface area contributed by atoms with E-state index in [1.165, 1.54) is 42.1 Å². The van der Waals surface area contributed by atoms with E-state index in [0.717, 1.165) is 70.7 Å². The van der Waals surface area contributed by atoms with Crippen molar-refractivity contribution in [3.8, 4) is 0 Å². The maximum Gasteiger partial charge on any atom is 0.328 e. The summed E-state index contributed by atoms with van der Waals surface area (Å²) in [6, 6.07) is 14.8. The van der Waals surface area contributed by atoms with Crippen LogP contribution in [-0.4, -0.2) is 70.4 Å². The molecule has 3 aromatic rings.